The van der Waals surface area contributed by atoms with Crippen LogP contribution in [0.2, 0.25) is 0 Å². The van der Waals surface area contributed by atoms with Gasteiger partial charge in [0.2, 0.25) is 0 Å². The molecular formula is C32H21Br. The van der Waals surface area contributed by atoms with Gasteiger partial charge >= 0.3 is 0 Å². The van der Waals surface area contributed by atoms with E-state index >= 15 is 0 Å². The SMILES string of the molecule is Brc1c2ccccc2c(-c2ccc(-c3ccc(-c4ccccc4)cc3)cc2)c2ccccc12. The molecule has 156 valence electrons. The van der Waals surface area contributed by atoms with Gasteiger partial charge in [0.15, 0.2) is 0 Å². The van der Waals surface area contributed by atoms with Crippen LogP contribution in [0.1, 0.15) is 0 Å². The summed E-state index contributed by atoms with van der Waals surface area (Å²) in [5, 5.41) is 5.02. The van der Waals surface area contributed by atoms with Gasteiger partial charge in [0.1, 0.15) is 0 Å². The van der Waals surface area contributed by atoms with Crippen LogP contribution in [0, 0.1) is 0 Å². The molecule has 0 amide bonds. The zero-order chi connectivity index (χ0) is 22.2. The highest BCUT2D eigenvalue weighted by Crippen LogP contribution is 2.41. The zero-order valence-corrected chi connectivity index (χ0v) is 19.6. The van der Waals surface area contributed by atoms with Crippen molar-refractivity contribution in [3.05, 3.63) is 132 Å². The Balaban J connectivity index is 1.44. The molecule has 6 rings (SSSR count). The van der Waals surface area contributed by atoms with E-state index in [1.807, 2.05) is 0 Å². The van der Waals surface area contributed by atoms with Crippen molar-refractivity contribution in [3.8, 4) is 33.4 Å². The van der Waals surface area contributed by atoms with Crippen molar-refractivity contribution in [1.29, 1.82) is 0 Å². The summed E-state index contributed by atoms with van der Waals surface area (Å²) in [5.41, 5.74) is 7.46. The molecule has 0 unspecified atom stereocenters. The Labute approximate surface area is 202 Å². The van der Waals surface area contributed by atoms with Gasteiger partial charge in [-0.05, 0) is 70.9 Å². The Morgan fingerprint density at radius 1 is 0.303 bits per heavy atom. The molecule has 6 aromatic carbocycles. The van der Waals surface area contributed by atoms with Gasteiger partial charge in [-0.15, -0.1) is 0 Å². The topological polar surface area (TPSA) is 0 Å². The minimum absolute atomic E-state index is 1.16. The Morgan fingerprint density at radius 2 is 0.636 bits per heavy atom. The second-order valence-corrected chi connectivity index (χ2v) is 9.09. The maximum absolute atomic E-state index is 3.85. The van der Waals surface area contributed by atoms with Gasteiger partial charge in [0, 0.05) is 4.47 Å². The second-order valence-electron chi connectivity index (χ2n) is 8.30. The van der Waals surface area contributed by atoms with Crippen LogP contribution in [0.25, 0.3) is 54.9 Å². The van der Waals surface area contributed by atoms with Crippen molar-refractivity contribution in [2.24, 2.45) is 0 Å². The fourth-order valence-corrected chi connectivity index (χ4v) is 5.39. The first-order valence-corrected chi connectivity index (χ1v) is 11.9. The molecule has 0 saturated heterocycles. The van der Waals surface area contributed by atoms with Gasteiger partial charge in [0.05, 0.1) is 0 Å². The van der Waals surface area contributed by atoms with Crippen molar-refractivity contribution in [1.82, 2.24) is 0 Å². The Hall–Kier alpha value is -3.68. The van der Waals surface area contributed by atoms with Crippen LogP contribution >= 0.6 is 15.9 Å². The van der Waals surface area contributed by atoms with Crippen LogP contribution in [-0.2, 0) is 0 Å². The third-order valence-electron chi connectivity index (χ3n) is 6.36. The molecule has 0 nitrogen and oxygen atoms in total. The van der Waals surface area contributed by atoms with Gasteiger partial charge in [0.25, 0.3) is 0 Å². The molecule has 0 fully saturated rings. The van der Waals surface area contributed by atoms with Crippen LogP contribution in [0.15, 0.2) is 132 Å². The molecule has 6 aromatic rings. The highest BCUT2D eigenvalue weighted by molar-refractivity contribution is 9.10. The van der Waals surface area contributed by atoms with Crippen LogP contribution < -0.4 is 0 Å². The molecule has 0 bridgehead atoms. The van der Waals surface area contributed by atoms with Crippen molar-refractivity contribution < 1.29 is 0 Å². The van der Waals surface area contributed by atoms with E-state index in [0.29, 0.717) is 0 Å². The highest BCUT2D eigenvalue weighted by Gasteiger charge is 2.13. The molecule has 0 spiro atoms. The number of benzene rings is 6. The standard InChI is InChI=1S/C32H21Br/c33-32-29-12-6-4-10-27(29)31(28-11-5-7-13-30(28)32)26-20-18-25(19-21-26)24-16-14-23(15-17-24)22-8-2-1-3-9-22/h1-21H. The molecule has 0 N–H and O–H groups in total. The lowest BCUT2D eigenvalue weighted by molar-refractivity contribution is 1.59. The number of rotatable bonds is 3. The first kappa shape index (κ1) is 20.0. The van der Waals surface area contributed by atoms with Crippen LogP contribution in [0.4, 0.5) is 0 Å². The average Bonchev–Trinajstić information content (AvgIpc) is 2.90. The van der Waals surface area contributed by atoms with E-state index in [1.165, 1.54) is 54.9 Å². The predicted molar refractivity (Wildman–Crippen MR) is 145 cm³/mol. The summed E-state index contributed by atoms with van der Waals surface area (Å²) in [5.74, 6) is 0. The Morgan fingerprint density at radius 3 is 1.09 bits per heavy atom. The number of fused-ring (bicyclic) bond motifs is 2. The quantitative estimate of drug-likeness (QED) is 0.219. The minimum atomic E-state index is 1.16. The molecule has 0 aliphatic rings. The van der Waals surface area contributed by atoms with Gasteiger partial charge in [-0.2, -0.15) is 0 Å². The largest absolute Gasteiger partial charge is 0.0622 e. The smallest absolute Gasteiger partial charge is 0.0332 e. The molecular weight excluding hydrogens is 464 g/mol. The van der Waals surface area contributed by atoms with Crippen molar-refractivity contribution >= 4 is 37.5 Å². The summed E-state index contributed by atoms with van der Waals surface area (Å²) in [6.07, 6.45) is 0. The van der Waals surface area contributed by atoms with E-state index in [1.54, 1.807) is 0 Å². The highest BCUT2D eigenvalue weighted by atomic mass is 79.9. The van der Waals surface area contributed by atoms with Crippen LogP contribution in [-0.4, -0.2) is 0 Å². The average molecular weight is 485 g/mol. The fraction of sp³-hybridized carbons (Fsp3) is 0. The zero-order valence-electron chi connectivity index (χ0n) is 18.0. The van der Waals surface area contributed by atoms with E-state index in [0.717, 1.165) is 4.47 Å². The summed E-state index contributed by atoms with van der Waals surface area (Å²) in [6, 6.07) is 45.6. The molecule has 0 atom stereocenters. The summed E-state index contributed by atoms with van der Waals surface area (Å²) < 4.78 is 1.16. The van der Waals surface area contributed by atoms with Gasteiger partial charge in [-0.1, -0.05) is 127 Å². The lowest BCUT2D eigenvalue weighted by Crippen LogP contribution is -1.88. The Bertz CT molecular complexity index is 1520. The van der Waals surface area contributed by atoms with Crippen molar-refractivity contribution in [3.63, 3.8) is 0 Å². The third-order valence-corrected chi connectivity index (χ3v) is 7.22. The number of hydrogen-bond acceptors (Lipinski definition) is 0. The molecule has 0 aromatic heterocycles. The fourth-order valence-electron chi connectivity index (χ4n) is 4.70. The maximum atomic E-state index is 3.85. The first-order chi connectivity index (χ1) is 16.3. The molecule has 0 aliphatic carbocycles. The summed E-state index contributed by atoms with van der Waals surface area (Å²) in [7, 11) is 0. The van der Waals surface area contributed by atoms with E-state index in [-0.39, 0.29) is 0 Å². The van der Waals surface area contributed by atoms with Crippen molar-refractivity contribution in [2.45, 2.75) is 0 Å². The van der Waals surface area contributed by atoms with Crippen LogP contribution in [0.5, 0.6) is 0 Å². The molecule has 1 heteroatoms. The van der Waals surface area contributed by atoms with E-state index in [2.05, 4.69) is 143 Å². The predicted octanol–water partition coefficient (Wildman–Crippen LogP) is 9.76. The van der Waals surface area contributed by atoms with Gasteiger partial charge < -0.3 is 0 Å². The summed E-state index contributed by atoms with van der Waals surface area (Å²) in [4.78, 5) is 0. The van der Waals surface area contributed by atoms with Crippen molar-refractivity contribution in [2.75, 3.05) is 0 Å². The Kier molecular flexibility index (Phi) is 5.05. The normalized spacial score (nSPS) is 11.2. The molecule has 0 saturated carbocycles. The monoisotopic (exact) mass is 484 g/mol. The number of halogens is 1. The van der Waals surface area contributed by atoms with Crippen LogP contribution in [0.3, 0.4) is 0 Å². The minimum Gasteiger partial charge on any atom is -0.0622 e. The summed E-state index contributed by atoms with van der Waals surface area (Å²) >= 11 is 3.85. The maximum Gasteiger partial charge on any atom is 0.0332 e. The first-order valence-electron chi connectivity index (χ1n) is 11.1. The third kappa shape index (κ3) is 3.55. The van der Waals surface area contributed by atoms with E-state index in [9.17, 15) is 0 Å². The summed E-state index contributed by atoms with van der Waals surface area (Å²) in [6.45, 7) is 0. The van der Waals surface area contributed by atoms with Gasteiger partial charge in [-0.3, -0.25) is 0 Å². The van der Waals surface area contributed by atoms with E-state index in [4.69, 9.17) is 0 Å². The molecule has 0 aliphatic heterocycles. The molecule has 33 heavy (non-hydrogen) atoms. The lowest BCUT2D eigenvalue weighted by Gasteiger charge is -2.15. The second kappa shape index (κ2) is 8.35. The van der Waals surface area contributed by atoms with Gasteiger partial charge in [-0.25, -0.2) is 0 Å². The molecule has 0 heterocycles. The van der Waals surface area contributed by atoms with E-state index < -0.39 is 0 Å². The number of hydrogen-bond donors (Lipinski definition) is 0. The lowest BCUT2D eigenvalue weighted by atomic mass is 9.91. The molecule has 0 radical (unpaired) electrons.